The van der Waals surface area contributed by atoms with Gasteiger partial charge >= 0.3 is 0 Å². The largest absolute Gasteiger partial charge is 0.377 e. The van der Waals surface area contributed by atoms with E-state index in [9.17, 15) is 0 Å². The first-order valence-corrected chi connectivity index (χ1v) is 7.44. The summed E-state index contributed by atoms with van der Waals surface area (Å²) < 4.78 is 5.92. The number of hydrogen-bond donors (Lipinski definition) is 1. The zero-order valence-electron chi connectivity index (χ0n) is 12.8. The van der Waals surface area contributed by atoms with Gasteiger partial charge in [0.1, 0.15) is 0 Å². The first kappa shape index (κ1) is 16.9. The third-order valence-corrected chi connectivity index (χ3v) is 4.30. The fourth-order valence-electron chi connectivity index (χ4n) is 2.95. The predicted molar refractivity (Wildman–Crippen MR) is 76.5 cm³/mol. The van der Waals surface area contributed by atoms with E-state index in [-0.39, 0.29) is 5.60 Å². The van der Waals surface area contributed by atoms with Crippen LogP contribution in [-0.4, -0.2) is 25.3 Å². The zero-order chi connectivity index (χ0) is 13.3. The van der Waals surface area contributed by atoms with Gasteiger partial charge in [0.25, 0.3) is 0 Å². The molecule has 104 valence electrons. The van der Waals surface area contributed by atoms with Crippen molar-refractivity contribution in [1.82, 2.24) is 5.32 Å². The average molecular weight is 243 g/mol. The van der Waals surface area contributed by atoms with Crippen LogP contribution < -0.4 is 5.32 Å². The molecule has 0 aliphatic heterocycles. The Morgan fingerprint density at radius 2 is 1.53 bits per heavy atom. The van der Waals surface area contributed by atoms with Gasteiger partial charge < -0.3 is 10.1 Å². The molecular formula is C15H33NO. The van der Waals surface area contributed by atoms with Crippen LogP contribution in [-0.2, 0) is 4.74 Å². The number of ether oxygens (including phenoxy) is 1. The van der Waals surface area contributed by atoms with Gasteiger partial charge in [-0.05, 0) is 31.7 Å². The number of methoxy groups -OCH3 is 1. The molecule has 17 heavy (non-hydrogen) atoms. The number of rotatable bonds is 10. The maximum absolute atomic E-state index is 5.92. The van der Waals surface area contributed by atoms with Crippen molar-refractivity contribution in [3.63, 3.8) is 0 Å². The minimum absolute atomic E-state index is 0.00581. The maximum Gasteiger partial charge on any atom is 0.0828 e. The molecule has 0 aliphatic carbocycles. The van der Waals surface area contributed by atoms with Gasteiger partial charge in [-0.25, -0.2) is 0 Å². The molecule has 2 heteroatoms. The summed E-state index contributed by atoms with van der Waals surface area (Å²) in [5.74, 6) is 0.710. The second-order valence-corrected chi connectivity index (χ2v) is 4.98. The van der Waals surface area contributed by atoms with E-state index in [1.54, 1.807) is 0 Å². The normalized spacial score (nSPS) is 14.3. The van der Waals surface area contributed by atoms with Crippen LogP contribution in [0.2, 0.25) is 0 Å². The lowest BCUT2D eigenvalue weighted by Gasteiger charge is -2.43. The molecule has 0 saturated heterocycles. The Balaban J connectivity index is 4.95. The smallest absolute Gasteiger partial charge is 0.0828 e. The summed E-state index contributed by atoms with van der Waals surface area (Å²) >= 11 is 0. The molecule has 1 unspecified atom stereocenters. The molecule has 0 rings (SSSR count). The van der Waals surface area contributed by atoms with Crippen molar-refractivity contribution in [2.75, 3.05) is 13.7 Å². The lowest BCUT2D eigenvalue weighted by atomic mass is 9.78. The van der Waals surface area contributed by atoms with E-state index in [1.165, 1.54) is 19.3 Å². The second kappa shape index (κ2) is 8.93. The van der Waals surface area contributed by atoms with Gasteiger partial charge in [-0.2, -0.15) is 0 Å². The summed E-state index contributed by atoms with van der Waals surface area (Å²) in [6, 6.07) is 0.484. The summed E-state index contributed by atoms with van der Waals surface area (Å²) in [5, 5.41) is 3.74. The molecule has 0 radical (unpaired) electrons. The Morgan fingerprint density at radius 1 is 1.00 bits per heavy atom. The monoisotopic (exact) mass is 243 g/mol. The Bertz CT molecular complexity index is 165. The number of hydrogen-bond acceptors (Lipinski definition) is 2. The third-order valence-electron chi connectivity index (χ3n) is 4.30. The molecular weight excluding hydrogens is 210 g/mol. The standard InChI is InChI=1S/C15H33NO/c1-7-12-16-14(13(8-2)9-3)15(10-4,11-5)17-6/h13-14,16H,7-12H2,1-6H3. The Hall–Kier alpha value is -0.0800. The van der Waals surface area contributed by atoms with Crippen LogP contribution in [0.15, 0.2) is 0 Å². The quantitative estimate of drug-likeness (QED) is 0.626. The Labute approximate surface area is 109 Å². The van der Waals surface area contributed by atoms with Crippen LogP contribution in [0.3, 0.4) is 0 Å². The fraction of sp³-hybridized carbons (Fsp3) is 1.00. The van der Waals surface area contributed by atoms with E-state index in [2.05, 4.69) is 39.9 Å². The van der Waals surface area contributed by atoms with Crippen LogP contribution >= 0.6 is 0 Å². The molecule has 1 atom stereocenters. The summed E-state index contributed by atoms with van der Waals surface area (Å²) in [5.41, 5.74) is 0.00581. The SMILES string of the molecule is CCCNC(C(CC)CC)C(CC)(CC)OC. The summed E-state index contributed by atoms with van der Waals surface area (Å²) in [6.45, 7) is 12.4. The van der Waals surface area contributed by atoms with Crippen molar-refractivity contribution in [1.29, 1.82) is 0 Å². The molecule has 0 aromatic rings. The molecule has 0 fully saturated rings. The highest BCUT2D eigenvalue weighted by molar-refractivity contribution is 4.94. The first-order valence-electron chi connectivity index (χ1n) is 7.44. The average Bonchev–Trinajstić information content (AvgIpc) is 2.38. The van der Waals surface area contributed by atoms with Crippen LogP contribution in [0.4, 0.5) is 0 Å². The van der Waals surface area contributed by atoms with Crippen molar-refractivity contribution >= 4 is 0 Å². The van der Waals surface area contributed by atoms with Gasteiger partial charge in [0.05, 0.1) is 5.60 Å². The second-order valence-electron chi connectivity index (χ2n) is 4.98. The molecule has 0 amide bonds. The Morgan fingerprint density at radius 3 is 1.82 bits per heavy atom. The van der Waals surface area contributed by atoms with Gasteiger partial charge in [0.2, 0.25) is 0 Å². The lowest BCUT2D eigenvalue weighted by molar-refractivity contribution is -0.0638. The maximum atomic E-state index is 5.92. The molecule has 0 aliphatic rings. The van der Waals surface area contributed by atoms with Crippen molar-refractivity contribution < 1.29 is 4.74 Å². The molecule has 0 aromatic heterocycles. The van der Waals surface area contributed by atoms with Crippen LogP contribution in [0.5, 0.6) is 0 Å². The van der Waals surface area contributed by atoms with Gasteiger partial charge in [-0.1, -0.05) is 47.5 Å². The molecule has 2 nitrogen and oxygen atoms in total. The van der Waals surface area contributed by atoms with Gasteiger partial charge in [0, 0.05) is 13.2 Å². The summed E-state index contributed by atoms with van der Waals surface area (Å²) in [4.78, 5) is 0. The van der Waals surface area contributed by atoms with E-state index in [4.69, 9.17) is 4.74 Å². The van der Waals surface area contributed by atoms with Crippen molar-refractivity contribution in [3.8, 4) is 0 Å². The zero-order valence-corrected chi connectivity index (χ0v) is 12.8. The molecule has 1 N–H and O–H groups in total. The van der Waals surface area contributed by atoms with Crippen LogP contribution in [0.1, 0.15) is 66.7 Å². The van der Waals surface area contributed by atoms with E-state index < -0.39 is 0 Å². The highest BCUT2D eigenvalue weighted by atomic mass is 16.5. The van der Waals surface area contributed by atoms with E-state index in [0.29, 0.717) is 12.0 Å². The fourth-order valence-corrected chi connectivity index (χ4v) is 2.95. The van der Waals surface area contributed by atoms with E-state index in [1.807, 2.05) is 7.11 Å². The summed E-state index contributed by atoms with van der Waals surface area (Å²) in [7, 11) is 1.87. The third kappa shape index (κ3) is 4.26. The van der Waals surface area contributed by atoms with Crippen molar-refractivity contribution in [2.45, 2.75) is 78.4 Å². The molecule has 0 saturated carbocycles. The van der Waals surface area contributed by atoms with Gasteiger partial charge in [0.15, 0.2) is 0 Å². The van der Waals surface area contributed by atoms with Crippen molar-refractivity contribution in [2.24, 2.45) is 5.92 Å². The molecule has 0 spiro atoms. The minimum atomic E-state index is 0.00581. The van der Waals surface area contributed by atoms with E-state index in [0.717, 1.165) is 19.4 Å². The topological polar surface area (TPSA) is 21.3 Å². The van der Waals surface area contributed by atoms with Crippen LogP contribution in [0.25, 0.3) is 0 Å². The summed E-state index contributed by atoms with van der Waals surface area (Å²) in [6.07, 6.45) is 5.80. The number of nitrogens with one attached hydrogen (secondary N) is 1. The van der Waals surface area contributed by atoms with E-state index >= 15 is 0 Å². The minimum Gasteiger partial charge on any atom is -0.377 e. The van der Waals surface area contributed by atoms with Gasteiger partial charge in [-0.3, -0.25) is 0 Å². The molecule has 0 heterocycles. The highest BCUT2D eigenvalue weighted by Gasteiger charge is 2.38. The highest BCUT2D eigenvalue weighted by Crippen LogP contribution is 2.31. The van der Waals surface area contributed by atoms with Gasteiger partial charge in [-0.15, -0.1) is 0 Å². The van der Waals surface area contributed by atoms with Crippen LogP contribution in [0, 0.1) is 5.92 Å². The first-order chi connectivity index (χ1) is 8.15. The lowest BCUT2D eigenvalue weighted by Crippen LogP contribution is -2.55. The molecule has 0 bridgehead atoms. The molecule has 0 aromatic carbocycles. The van der Waals surface area contributed by atoms with Crippen molar-refractivity contribution in [3.05, 3.63) is 0 Å². The predicted octanol–water partition coefficient (Wildman–Crippen LogP) is 4.00. The Kier molecular flexibility index (Phi) is 8.89.